The fourth-order valence-electron chi connectivity index (χ4n) is 5.16. The summed E-state index contributed by atoms with van der Waals surface area (Å²) in [6, 6.07) is 23.6. The average molecular weight is 497 g/mol. The fourth-order valence-corrected chi connectivity index (χ4v) is 5.16. The van der Waals surface area contributed by atoms with Crippen LogP contribution in [0.25, 0.3) is 27.5 Å². The van der Waals surface area contributed by atoms with Gasteiger partial charge < -0.3 is 18.6 Å². The number of rotatable bonds is 10. The van der Waals surface area contributed by atoms with Crippen molar-refractivity contribution in [3.05, 3.63) is 66.7 Å². The molecule has 5 heteroatoms. The number of para-hydroxylation sites is 1. The summed E-state index contributed by atoms with van der Waals surface area (Å²) < 4.78 is 21.0. The number of fused-ring (bicyclic) bond motifs is 3. The largest absolute Gasteiger partial charge is 0.494 e. The van der Waals surface area contributed by atoms with Crippen molar-refractivity contribution in [2.24, 2.45) is 0 Å². The maximum Gasteiger partial charge on any atom is 0.494 e. The van der Waals surface area contributed by atoms with E-state index in [2.05, 4.69) is 106 Å². The minimum absolute atomic E-state index is 0.362. The first-order valence-electron chi connectivity index (χ1n) is 13.9. The Morgan fingerprint density at radius 2 is 1.38 bits per heavy atom. The Kier molecular flexibility index (Phi) is 7.38. The van der Waals surface area contributed by atoms with Crippen molar-refractivity contribution in [1.82, 2.24) is 4.57 Å². The second-order valence-corrected chi connectivity index (χ2v) is 11.3. The summed E-state index contributed by atoms with van der Waals surface area (Å²) in [6.45, 7) is 11.4. The van der Waals surface area contributed by atoms with Crippen LogP contribution in [0.2, 0.25) is 0 Å². The van der Waals surface area contributed by atoms with Crippen LogP contribution in [-0.4, -0.2) is 29.5 Å². The van der Waals surface area contributed by atoms with E-state index in [4.69, 9.17) is 14.0 Å². The van der Waals surface area contributed by atoms with Crippen LogP contribution in [0.1, 0.15) is 73.1 Å². The van der Waals surface area contributed by atoms with Gasteiger partial charge in [-0.1, -0.05) is 69.4 Å². The Balaban J connectivity index is 1.39. The number of hydrogen-bond donors (Lipinski definition) is 0. The van der Waals surface area contributed by atoms with E-state index >= 15 is 0 Å². The van der Waals surface area contributed by atoms with Gasteiger partial charge in [-0.15, -0.1) is 0 Å². The van der Waals surface area contributed by atoms with Crippen LogP contribution in [-0.2, 0) is 9.31 Å². The lowest BCUT2D eigenvalue weighted by atomic mass is 9.78. The Bertz CT molecular complexity index is 1340. The summed E-state index contributed by atoms with van der Waals surface area (Å²) in [5, 5.41) is 2.42. The smallest absolute Gasteiger partial charge is 0.494 e. The van der Waals surface area contributed by atoms with Gasteiger partial charge in [-0.2, -0.15) is 0 Å². The number of nitrogens with zero attached hydrogens (tertiary/aromatic N) is 1. The molecule has 4 aromatic rings. The van der Waals surface area contributed by atoms with Crippen LogP contribution in [0.15, 0.2) is 66.7 Å². The van der Waals surface area contributed by atoms with Crippen LogP contribution in [0.5, 0.6) is 5.75 Å². The van der Waals surface area contributed by atoms with E-state index in [1.807, 2.05) is 0 Å². The molecule has 194 valence electrons. The third-order valence-electron chi connectivity index (χ3n) is 8.08. The maximum absolute atomic E-state index is 6.34. The molecule has 0 aliphatic carbocycles. The van der Waals surface area contributed by atoms with Gasteiger partial charge in [0.2, 0.25) is 0 Å². The van der Waals surface area contributed by atoms with Crippen molar-refractivity contribution < 1.29 is 14.0 Å². The van der Waals surface area contributed by atoms with Crippen molar-refractivity contribution in [1.29, 1.82) is 0 Å². The lowest BCUT2D eigenvalue weighted by Crippen LogP contribution is -2.41. The van der Waals surface area contributed by atoms with Gasteiger partial charge in [0.25, 0.3) is 0 Å². The summed E-state index contributed by atoms with van der Waals surface area (Å²) >= 11 is 0. The second kappa shape index (κ2) is 10.5. The van der Waals surface area contributed by atoms with E-state index in [9.17, 15) is 0 Å². The average Bonchev–Trinajstić information content (AvgIpc) is 3.33. The monoisotopic (exact) mass is 497 g/mol. The lowest BCUT2D eigenvalue weighted by molar-refractivity contribution is 0.00578. The van der Waals surface area contributed by atoms with Gasteiger partial charge in [-0.25, -0.2) is 0 Å². The van der Waals surface area contributed by atoms with Gasteiger partial charge in [-0.3, -0.25) is 0 Å². The molecule has 0 spiro atoms. The van der Waals surface area contributed by atoms with Crippen LogP contribution < -0.4 is 10.2 Å². The number of unbranched alkanes of at least 4 members (excludes halogenated alkanes) is 5. The van der Waals surface area contributed by atoms with E-state index in [0.29, 0.717) is 0 Å². The molecule has 1 saturated heterocycles. The zero-order valence-electron chi connectivity index (χ0n) is 23.0. The normalized spacial score (nSPS) is 16.6. The van der Waals surface area contributed by atoms with E-state index in [0.717, 1.165) is 29.9 Å². The molecule has 0 radical (unpaired) electrons. The molecule has 0 bridgehead atoms. The first kappa shape index (κ1) is 25.9. The number of benzene rings is 3. The minimum Gasteiger partial charge on any atom is -0.494 e. The lowest BCUT2D eigenvalue weighted by Gasteiger charge is -2.32. The van der Waals surface area contributed by atoms with Crippen LogP contribution in [0, 0.1) is 0 Å². The van der Waals surface area contributed by atoms with E-state index in [1.165, 1.54) is 53.9 Å². The van der Waals surface area contributed by atoms with Gasteiger partial charge in [-0.05, 0) is 76.0 Å². The molecule has 1 aliphatic rings. The number of ether oxygens (including phenoxy) is 1. The highest BCUT2D eigenvalue weighted by atomic mass is 16.7. The summed E-state index contributed by atoms with van der Waals surface area (Å²) in [5.74, 6) is 0.932. The van der Waals surface area contributed by atoms with Crippen LogP contribution in [0.3, 0.4) is 0 Å². The van der Waals surface area contributed by atoms with E-state index < -0.39 is 0 Å². The van der Waals surface area contributed by atoms with Crippen molar-refractivity contribution in [2.75, 3.05) is 6.61 Å². The van der Waals surface area contributed by atoms with Crippen molar-refractivity contribution in [2.45, 2.75) is 84.3 Å². The van der Waals surface area contributed by atoms with Gasteiger partial charge in [0.15, 0.2) is 0 Å². The molecule has 0 saturated carbocycles. The molecule has 1 fully saturated rings. The van der Waals surface area contributed by atoms with Crippen LogP contribution in [0.4, 0.5) is 0 Å². The second-order valence-electron chi connectivity index (χ2n) is 11.3. The molecule has 0 unspecified atom stereocenters. The fraction of sp³-hybridized carbons (Fsp3) is 0.438. The summed E-state index contributed by atoms with van der Waals surface area (Å²) in [4.78, 5) is 0. The summed E-state index contributed by atoms with van der Waals surface area (Å²) in [7, 11) is -0.375. The molecule has 0 amide bonds. The van der Waals surface area contributed by atoms with E-state index in [1.54, 1.807) is 0 Å². The molecular formula is C32H40BNO3. The highest BCUT2D eigenvalue weighted by Crippen LogP contribution is 2.37. The van der Waals surface area contributed by atoms with Crippen molar-refractivity contribution in [3.63, 3.8) is 0 Å². The Morgan fingerprint density at radius 1 is 0.730 bits per heavy atom. The van der Waals surface area contributed by atoms with Gasteiger partial charge in [0, 0.05) is 16.5 Å². The van der Waals surface area contributed by atoms with Crippen molar-refractivity contribution in [3.8, 4) is 11.4 Å². The first-order chi connectivity index (χ1) is 17.8. The molecule has 1 aliphatic heterocycles. The number of aromatic nitrogens is 1. The maximum atomic E-state index is 6.34. The van der Waals surface area contributed by atoms with Crippen LogP contribution >= 0.6 is 0 Å². The summed E-state index contributed by atoms with van der Waals surface area (Å²) in [6.07, 6.45) is 7.63. The molecule has 0 atom stereocenters. The quantitative estimate of drug-likeness (QED) is 0.165. The molecule has 2 heterocycles. The molecule has 4 nitrogen and oxygen atoms in total. The molecule has 3 aromatic carbocycles. The molecule has 5 rings (SSSR count). The predicted octanol–water partition coefficient (Wildman–Crippen LogP) is 7.82. The molecule has 37 heavy (non-hydrogen) atoms. The molecule has 0 N–H and O–H groups in total. The highest BCUT2D eigenvalue weighted by Gasteiger charge is 2.51. The molecule has 1 aromatic heterocycles. The third-order valence-corrected chi connectivity index (χ3v) is 8.08. The Hall–Kier alpha value is -2.76. The third kappa shape index (κ3) is 5.17. The Morgan fingerprint density at radius 3 is 2.11 bits per heavy atom. The first-order valence-corrected chi connectivity index (χ1v) is 13.9. The highest BCUT2D eigenvalue weighted by molar-refractivity contribution is 6.62. The minimum atomic E-state index is -0.375. The topological polar surface area (TPSA) is 32.6 Å². The predicted molar refractivity (Wildman–Crippen MR) is 155 cm³/mol. The summed E-state index contributed by atoms with van der Waals surface area (Å²) in [5.41, 5.74) is 3.81. The van der Waals surface area contributed by atoms with E-state index in [-0.39, 0.29) is 18.3 Å². The SMILES string of the molecule is CCCCCCCCOc1ccc(-n2c3ccccc3c3cc(B4OC(C)(C)C(C)(C)O4)ccc32)cc1. The zero-order chi connectivity index (χ0) is 26.0. The Labute approximate surface area is 222 Å². The molecular weight excluding hydrogens is 457 g/mol. The standard InChI is InChI=1S/C32H40BNO3/c1-6-7-8-9-10-13-22-35-26-19-17-25(18-20-26)34-29-15-12-11-14-27(29)28-23-24(16-21-30(28)34)33-36-31(2,3)32(4,5)37-33/h11-12,14-21,23H,6-10,13,22H2,1-5H3. The van der Waals surface area contributed by atoms with Gasteiger partial charge >= 0.3 is 7.12 Å². The van der Waals surface area contributed by atoms with Gasteiger partial charge in [0.05, 0.1) is 28.8 Å². The number of hydrogen-bond acceptors (Lipinski definition) is 3. The van der Waals surface area contributed by atoms with Crippen molar-refractivity contribution >= 4 is 34.4 Å². The van der Waals surface area contributed by atoms with Gasteiger partial charge in [0.1, 0.15) is 5.75 Å². The zero-order valence-corrected chi connectivity index (χ0v) is 23.0.